The van der Waals surface area contributed by atoms with Gasteiger partial charge in [0.15, 0.2) is 0 Å². The number of benzene rings is 3. The van der Waals surface area contributed by atoms with Crippen LogP contribution < -0.4 is 9.64 Å². The summed E-state index contributed by atoms with van der Waals surface area (Å²) < 4.78 is 85.9. The second-order valence-electron chi connectivity index (χ2n) is 10.3. The highest BCUT2D eigenvalue weighted by molar-refractivity contribution is 6.12. The molecule has 0 saturated carbocycles. The molecule has 2 heterocycles. The first-order valence-electron chi connectivity index (χ1n) is 12.9. The maximum atomic E-state index is 14.0. The monoisotopic (exact) mass is 576 g/mol. The van der Waals surface area contributed by atoms with Gasteiger partial charge < -0.3 is 14.5 Å². The lowest BCUT2D eigenvalue weighted by Gasteiger charge is -2.43. The highest BCUT2D eigenvalue weighted by Crippen LogP contribution is 2.48. The third kappa shape index (κ3) is 5.37. The Balaban J connectivity index is 1.57. The van der Waals surface area contributed by atoms with Crippen LogP contribution in [0, 0.1) is 5.92 Å². The van der Waals surface area contributed by atoms with E-state index in [9.17, 15) is 35.9 Å². The molecule has 0 spiro atoms. The molecule has 0 N–H and O–H groups in total. The molecule has 3 aromatic carbocycles. The van der Waals surface area contributed by atoms with Crippen molar-refractivity contribution in [2.45, 2.75) is 37.7 Å². The molecule has 0 bridgehead atoms. The van der Waals surface area contributed by atoms with E-state index in [4.69, 9.17) is 4.74 Å². The molecule has 2 unspecified atom stereocenters. The Morgan fingerprint density at radius 1 is 0.976 bits per heavy atom. The van der Waals surface area contributed by atoms with Crippen LogP contribution >= 0.6 is 0 Å². The van der Waals surface area contributed by atoms with Gasteiger partial charge >= 0.3 is 12.4 Å². The van der Waals surface area contributed by atoms with E-state index in [0.717, 1.165) is 28.1 Å². The van der Waals surface area contributed by atoms with E-state index in [0.29, 0.717) is 36.4 Å². The molecule has 5 nitrogen and oxygen atoms in total. The number of rotatable bonds is 5. The number of anilines is 1. The van der Waals surface area contributed by atoms with Gasteiger partial charge in [-0.3, -0.25) is 9.59 Å². The summed E-state index contributed by atoms with van der Waals surface area (Å²) in [5.74, 6) is -2.71. The zero-order chi connectivity index (χ0) is 29.7. The van der Waals surface area contributed by atoms with Crippen molar-refractivity contribution < 1.29 is 40.7 Å². The number of nitrogens with zero attached hydrogens (tertiary/aromatic N) is 2. The molecule has 2 aliphatic rings. The zero-order valence-electron chi connectivity index (χ0n) is 22.1. The van der Waals surface area contributed by atoms with Gasteiger partial charge in [0.2, 0.25) is 11.8 Å². The number of methoxy groups -OCH3 is 1. The van der Waals surface area contributed by atoms with E-state index in [2.05, 4.69) is 0 Å². The number of hydrogen-bond donors (Lipinski definition) is 0. The second kappa shape index (κ2) is 10.4. The summed E-state index contributed by atoms with van der Waals surface area (Å²) in [6, 6.07) is 13.8. The molecular formula is C30H26F6N2O3. The van der Waals surface area contributed by atoms with Crippen LogP contribution in [0.3, 0.4) is 0 Å². The molecule has 0 radical (unpaired) electrons. The summed E-state index contributed by atoms with van der Waals surface area (Å²) in [7, 11) is 2.76. The van der Waals surface area contributed by atoms with Crippen LogP contribution in [-0.4, -0.2) is 37.4 Å². The molecule has 5 rings (SSSR count). The number of ether oxygens (including phenoxy) is 1. The summed E-state index contributed by atoms with van der Waals surface area (Å²) in [5.41, 5.74) is -0.206. The van der Waals surface area contributed by atoms with Gasteiger partial charge in [-0.25, -0.2) is 0 Å². The highest BCUT2D eigenvalue weighted by atomic mass is 19.4. The molecule has 2 atom stereocenters. The number of alkyl halides is 6. The first-order chi connectivity index (χ1) is 19.3. The maximum Gasteiger partial charge on any atom is 0.416 e. The van der Waals surface area contributed by atoms with E-state index >= 15 is 0 Å². The van der Waals surface area contributed by atoms with Gasteiger partial charge in [-0.15, -0.1) is 0 Å². The number of hydrogen-bond acceptors (Lipinski definition) is 3. The second-order valence-corrected chi connectivity index (χ2v) is 10.3. The number of carbonyl (C=O) groups excluding carboxylic acids is 2. The average molecular weight is 577 g/mol. The number of halogens is 6. The fourth-order valence-electron chi connectivity index (χ4n) is 5.80. The Labute approximate surface area is 232 Å². The van der Waals surface area contributed by atoms with Crippen molar-refractivity contribution in [2.24, 2.45) is 5.92 Å². The summed E-state index contributed by atoms with van der Waals surface area (Å²) in [6.07, 6.45) is -8.60. The fraction of sp³-hybridized carbons (Fsp3) is 0.333. The SMILES string of the molecule is COc1cccc(C2c3cccc4c3N(CCC4)C(=O)C2C(=O)N(C)Cc2cc(C(F)(F)F)cc(C(F)(F)F)c2)c1. The van der Waals surface area contributed by atoms with Gasteiger partial charge in [0.25, 0.3) is 0 Å². The van der Waals surface area contributed by atoms with Crippen LogP contribution in [0.4, 0.5) is 32.0 Å². The molecule has 216 valence electrons. The van der Waals surface area contributed by atoms with E-state index in [1.807, 2.05) is 18.2 Å². The lowest BCUT2D eigenvalue weighted by atomic mass is 9.73. The van der Waals surface area contributed by atoms with Crippen LogP contribution in [0.5, 0.6) is 5.75 Å². The van der Waals surface area contributed by atoms with Crippen molar-refractivity contribution in [3.05, 3.63) is 94.0 Å². The summed E-state index contributed by atoms with van der Waals surface area (Å²) >= 11 is 0. The number of aryl methyl sites for hydroxylation is 1. The van der Waals surface area contributed by atoms with E-state index in [1.165, 1.54) is 14.2 Å². The van der Waals surface area contributed by atoms with Gasteiger partial charge in [-0.1, -0.05) is 30.3 Å². The van der Waals surface area contributed by atoms with Gasteiger partial charge in [0, 0.05) is 26.1 Å². The number of amides is 2. The third-order valence-electron chi connectivity index (χ3n) is 7.61. The van der Waals surface area contributed by atoms with Crippen molar-refractivity contribution in [1.29, 1.82) is 0 Å². The van der Waals surface area contributed by atoms with Crippen LogP contribution in [0.25, 0.3) is 0 Å². The lowest BCUT2D eigenvalue weighted by Crippen LogP contribution is -2.51. The molecule has 3 aromatic rings. The van der Waals surface area contributed by atoms with Gasteiger partial charge in [-0.05, 0) is 65.4 Å². The van der Waals surface area contributed by atoms with Crippen LogP contribution in [0.2, 0.25) is 0 Å². The smallest absolute Gasteiger partial charge is 0.416 e. The number of para-hydroxylation sites is 1. The van der Waals surface area contributed by atoms with E-state index in [1.54, 1.807) is 29.2 Å². The minimum atomic E-state index is -5.02. The van der Waals surface area contributed by atoms with Gasteiger partial charge in [0.1, 0.15) is 11.7 Å². The molecule has 41 heavy (non-hydrogen) atoms. The van der Waals surface area contributed by atoms with E-state index in [-0.39, 0.29) is 11.6 Å². The van der Waals surface area contributed by atoms with E-state index < -0.39 is 53.7 Å². The lowest BCUT2D eigenvalue weighted by molar-refractivity contribution is -0.143. The zero-order valence-corrected chi connectivity index (χ0v) is 22.1. The normalized spacial score (nSPS) is 18.6. The molecule has 2 aliphatic heterocycles. The largest absolute Gasteiger partial charge is 0.497 e. The quantitative estimate of drug-likeness (QED) is 0.260. The Morgan fingerprint density at radius 2 is 1.63 bits per heavy atom. The third-order valence-corrected chi connectivity index (χ3v) is 7.61. The Kier molecular flexibility index (Phi) is 7.25. The fourth-order valence-corrected chi connectivity index (χ4v) is 5.80. The average Bonchev–Trinajstić information content (AvgIpc) is 2.93. The van der Waals surface area contributed by atoms with Crippen molar-refractivity contribution >= 4 is 17.5 Å². The minimum Gasteiger partial charge on any atom is -0.497 e. The first kappa shape index (κ1) is 28.5. The van der Waals surface area contributed by atoms with Crippen molar-refractivity contribution in [3.63, 3.8) is 0 Å². The first-order valence-corrected chi connectivity index (χ1v) is 12.9. The Bertz CT molecular complexity index is 1470. The highest BCUT2D eigenvalue weighted by Gasteiger charge is 2.47. The van der Waals surface area contributed by atoms with Gasteiger partial charge in [0.05, 0.1) is 23.9 Å². The standard InChI is InChI=1S/C30H26F6N2O3/c1-37(16-17-12-20(29(31,32)33)15-21(13-17)30(34,35)36)27(39)25-24(19-7-3-9-22(14-19)41-2)23-10-4-6-18-8-5-11-38(26(18)23)28(25)40/h3-4,6-7,9-10,12-15,24-25H,5,8,11,16H2,1-2H3. The topological polar surface area (TPSA) is 49.9 Å². The van der Waals surface area contributed by atoms with Crippen LogP contribution in [0.1, 0.15) is 45.7 Å². The predicted octanol–water partition coefficient (Wildman–Crippen LogP) is 6.43. The van der Waals surface area contributed by atoms with Gasteiger partial charge in [-0.2, -0.15) is 26.3 Å². The summed E-state index contributed by atoms with van der Waals surface area (Å²) in [5, 5.41) is 0. The van der Waals surface area contributed by atoms with Crippen LogP contribution in [0.15, 0.2) is 60.7 Å². The minimum absolute atomic E-state index is 0.0413. The van der Waals surface area contributed by atoms with Crippen molar-refractivity contribution in [2.75, 3.05) is 25.6 Å². The Hall–Kier alpha value is -4.02. The summed E-state index contributed by atoms with van der Waals surface area (Å²) in [4.78, 5) is 30.5. The maximum absolute atomic E-state index is 14.0. The van der Waals surface area contributed by atoms with Crippen LogP contribution in [-0.2, 0) is 34.9 Å². The molecular weight excluding hydrogens is 550 g/mol. The summed E-state index contributed by atoms with van der Waals surface area (Å²) in [6.45, 7) is -0.170. The predicted molar refractivity (Wildman–Crippen MR) is 138 cm³/mol. The number of carbonyl (C=O) groups is 2. The molecule has 11 heteroatoms. The Morgan fingerprint density at radius 3 is 2.27 bits per heavy atom. The van der Waals surface area contributed by atoms with Crippen molar-refractivity contribution in [1.82, 2.24) is 4.90 Å². The molecule has 0 aromatic heterocycles. The molecule has 0 aliphatic carbocycles. The molecule has 0 fully saturated rings. The molecule has 2 amide bonds. The molecule has 0 saturated heterocycles. The van der Waals surface area contributed by atoms with Crippen molar-refractivity contribution in [3.8, 4) is 5.75 Å².